The molecule has 3 heterocycles. The average Bonchev–Trinajstić information content (AvgIpc) is 3.11. The van der Waals surface area contributed by atoms with Gasteiger partial charge in [-0.1, -0.05) is 12.1 Å². The second-order valence-electron chi connectivity index (χ2n) is 5.85. The van der Waals surface area contributed by atoms with Crippen LogP contribution in [-0.4, -0.2) is 24.5 Å². The van der Waals surface area contributed by atoms with Gasteiger partial charge in [0, 0.05) is 23.6 Å². The van der Waals surface area contributed by atoms with E-state index in [0.717, 1.165) is 11.3 Å². The highest BCUT2D eigenvalue weighted by atomic mass is 127. The second-order valence-corrected chi connectivity index (χ2v) is 6.39. The third-order valence-corrected chi connectivity index (χ3v) is 4.50. The van der Waals surface area contributed by atoms with Crippen LogP contribution in [0.5, 0.6) is 0 Å². The van der Waals surface area contributed by atoms with Crippen molar-refractivity contribution >= 4 is 45.7 Å². The fraction of sp³-hybridized carbons (Fsp3) is 0.0556. The van der Waals surface area contributed by atoms with E-state index in [1.54, 1.807) is 18.6 Å². The van der Waals surface area contributed by atoms with Crippen LogP contribution in [0.15, 0.2) is 49.1 Å². The SMILES string of the molecule is N#Cc1cncc(-c2nc(NI)nc3c2ncn3Cc2ccc(N)cc2)c1. The number of hydrogen-bond donors (Lipinski definition) is 2. The zero-order valence-corrected chi connectivity index (χ0v) is 16.1. The predicted octanol–water partition coefficient (Wildman–Crippen LogP) is 3.15. The molecule has 0 fully saturated rings. The number of aromatic nitrogens is 5. The lowest BCUT2D eigenvalue weighted by Crippen LogP contribution is -2.02. The number of nitrogens with two attached hydrogens (primary N) is 1. The summed E-state index contributed by atoms with van der Waals surface area (Å²) in [5.74, 6) is 0.458. The molecule has 3 N–H and O–H groups in total. The molecule has 1 aromatic carbocycles. The number of nitrogens with zero attached hydrogens (tertiary/aromatic N) is 6. The Bertz CT molecular complexity index is 1160. The van der Waals surface area contributed by atoms with Gasteiger partial charge in [0.05, 0.1) is 41.3 Å². The zero-order chi connectivity index (χ0) is 18.8. The molecule has 4 rings (SSSR count). The van der Waals surface area contributed by atoms with Crippen LogP contribution in [-0.2, 0) is 6.54 Å². The van der Waals surface area contributed by atoms with E-state index >= 15 is 0 Å². The van der Waals surface area contributed by atoms with Gasteiger partial charge in [0.2, 0.25) is 5.95 Å². The molecule has 3 aromatic heterocycles. The number of rotatable bonds is 4. The summed E-state index contributed by atoms with van der Waals surface area (Å²) >= 11 is 1.99. The minimum Gasteiger partial charge on any atom is -0.399 e. The number of anilines is 2. The Morgan fingerprint density at radius 3 is 2.74 bits per heavy atom. The van der Waals surface area contributed by atoms with Crippen LogP contribution >= 0.6 is 22.9 Å². The Hall–Kier alpha value is -3.26. The van der Waals surface area contributed by atoms with Gasteiger partial charge < -0.3 is 10.3 Å². The molecule has 9 heteroatoms. The van der Waals surface area contributed by atoms with Crippen LogP contribution in [0.25, 0.3) is 22.4 Å². The average molecular weight is 468 g/mol. The van der Waals surface area contributed by atoms with Gasteiger partial charge in [-0.3, -0.25) is 8.51 Å². The molecule has 0 spiro atoms. The Morgan fingerprint density at radius 1 is 1.19 bits per heavy atom. The Balaban J connectivity index is 1.84. The van der Waals surface area contributed by atoms with Gasteiger partial charge >= 0.3 is 0 Å². The maximum atomic E-state index is 9.15. The molecule has 8 nitrogen and oxygen atoms in total. The number of nitrogen functional groups attached to an aromatic ring is 1. The molecule has 0 amide bonds. The van der Waals surface area contributed by atoms with E-state index in [1.165, 1.54) is 6.20 Å². The van der Waals surface area contributed by atoms with E-state index < -0.39 is 0 Å². The van der Waals surface area contributed by atoms with Crippen LogP contribution in [0.1, 0.15) is 11.1 Å². The fourth-order valence-corrected chi connectivity index (χ4v) is 3.00. The molecule has 0 radical (unpaired) electrons. The molecular formula is C18H13IN8. The lowest BCUT2D eigenvalue weighted by molar-refractivity contribution is 0.814. The largest absolute Gasteiger partial charge is 0.399 e. The highest BCUT2D eigenvalue weighted by molar-refractivity contribution is 14.1. The summed E-state index contributed by atoms with van der Waals surface area (Å²) in [5.41, 5.74) is 10.7. The highest BCUT2D eigenvalue weighted by Gasteiger charge is 2.15. The third kappa shape index (κ3) is 3.39. The van der Waals surface area contributed by atoms with Gasteiger partial charge in [0.15, 0.2) is 5.65 Å². The smallest absolute Gasteiger partial charge is 0.234 e. The lowest BCUT2D eigenvalue weighted by atomic mass is 10.1. The minimum atomic E-state index is 0.458. The molecule has 0 aliphatic carbocycles. The molecule has 4 aromatic rings. The number of benzene rings is 1. The van der Waals surface area contributed by atoms with Crippen LogP contribution in [0, 0.1) is 11.3 Å². The first-order valence-electron chi connectivity index (χ1n) is 7.97. The first-order valence-corrected chi connectivity index (χ1v) is 9.05. The first-order chi connectivity index (χ1) is 13.2. The second kappa shape index (κ2) is 7.16. The maximum absolute atomic E-state index is 9.15. The van der Waals surface area contributed by atoms with Gasteiger partial charge in [-0.2, -0.15) is 10.2 Å². The number of hydrogen-bond acceptors (Lipinski definition) is 7. The monoisotopic (exact) mass is 468 g/mol. The molecule has 0 unspecified atom stereocenters. The molecule has 27 heavy (non-hydrogen) atoms. The van der Waals surface area contributed by atoms with E-state index in [1.807, 2.05) is 51.7 Å². The van der Waals surface area contributed by atoms with Crippen molar-refractivity contribution in [2.24, 2.45) is 0 Å². The fourth-order valence-electron chi connectivity index (χ4n) is 2.75. The summed E-state index contributed by atoms with van der Waals surface area (Å²) in [6.45, 7) is 0.602. The number of fused-ring (bicyclic) bond motifs is 1. The van der Waals surface area contributed by atoms with Gasteiger partial charge in [0.1, 0.15) is 17.3 Å². The molecular weight excluding hydrogens is 455 g/mol. The summed E-state index contributed by atoms with van der Waals surface area (Å²) in [4.78, 5) is 17.7. The summed E-state index contributed by atoms with van der Waals surface area (Å²) < 4.78 is 4.90. The maximum Gasteiger partial charge on any atom is 0.234 e. The van der Waals surface area contributed by atoms with Crippen LogP contribution < -0.4 is 9.26 Å². The third-order valence-electron chi connectivity index (χ3n) is 4.02. The van der Waals surface area contributed by atoms with Crippen LogP contribution in [0.4, 0.5) is 11.6 Å². The van der Waals surface area contributed by atoms with Crippen molar-refractivity contribution in [1.29, 1.82) is 5.26 Å². The standard InChI is InChI=1S/C18H13IN8/c19-26-18-24-15(13-5-12(6-20)7-22-8-13)16-17(25-18)27(10-23-16)9-11-1-3-14(21)4-2-11/h1-5,7-8,10H,9,21H2,(H,24,25,26). The van der Waals surface area contributed by atoms with E-state index in [0.29, 0.717) is 40.5 Å². The van der Waals surface area contributed by atoms with E-state index in [4.69, 9.17) is 11.0 Å². The van der Waals surface area contributed by atoms with Crippen LogP contribution in [0.3, 0.4) is 0 Å². The van der Waals surface area contributed by atoms with Crippen molar-refractivity contribution in [2.45, 2.75) is 6.54 Å². The Morgan fingerprint density at radius 2 is 2.00 bits per heavy atom. The van der Waals surface area contributed by atoms with Gasteiger partial charge in [-0.25, -0.2) is 9.97 Å². The van der Waals surface area contributed by atoms with E-state index in [9.17, 15) is 0 Å². The lowest BCUT2D eigenvalue weighted by Gasteiger charge is -2.08. The van der Waals surface area contributed by atoms with Gasteiger partial charge in [-0.05, 0) is 23.8 Å². The molecule has 132 valence electrons. The van der Waals surface area contributed by atoms with E-state index in [2.05, 4.69) is 29.5 Å². The Labute approximate surface area is 168 Å². The summed E-state index contributed by atoms with van der Waals surface area (Å²) in [5, 5.41) is 9.15. The predicted molar refractivity (Wildman–Crippen MR) is 111 cm³/mol. The van der Waals surface area contributed by atoms with Crippen molar-refractivity contribution in [2.75, 3.05) is 9.26 Å². The van der Waals surface area contributed by atoms with Crippen molar-refractivity contribution in [3.63, 3.8) is 0 Å². The molecule has 0 saturated carbocycles. The number of imidazole rings is 1. The number of nitriles is 1. The van der Waals surface area contributed by atoms with Crippen molar-refractivity contribution in [3.05, 3.63) is 60.2 Å². The highest BCUT2D eigenvalue weighted by Crippen LogP contribution is 2.27. The zero-order valence-electron chi connectivity index (χ0n) is 14.0. The summed E-state index contributed by atoms with van der Waals surface area (Å²) in [6, 6.07) is 11.5. The molecule has 0 saturated heterocycles. The quantitative estimate of drug-likeness (QED) is 0.268. The number of pyridine rings is 1. The van der Waals surface area contributed by atoms with E-state index in [-0.39, 0.29) is 0 Å². The van der Waals surface area contributed by atoms with Gasteiger partial charge in [0.25, 0.3) is 0 Å². The molecule has 0 aliphatic rings. The molecule has 0 aliphatic heterocycles. The summed E-state index contributed by atoms with van der Waals surface area (Å²) in [6.07, 6.45) is 4.91. The van der Waals surface area contributed by atoms with Crippen molar-refractivity contribution < 1.29 is 0 Å². The normalized spacial score (nSPS) is 10.7. The van der Waals surface area contributed by atoms with Gasteiger partial charge in [-0.15, -0.1) is 0 Å². The van der Waals surface area contributed by atoms with Crippen LogP contribution in [0.2, 0.25) is 0 Å². The number of nitrogens with one attached hydrogen (secondary N) is 1. The van der Waals surface area contributed by atoms with Crippen molar-refractivity contribution in [1.82, 2.24) is 24.5 Å². The molecule has 0 atom stereocenters. The number of halogens is 1. The summed E-state index contributed by atoms with van der Waals surface area (Å²) in [7, 11) is 0. The Kier molecular flexibility index (Phi) is 4.55. The van der Waals surface area contributed by atoms with Crippen molar-refractivity contribution in [3.8, 4) is 17.3 Å². The first kappa shape index (κ1) is 17.2. The minimum absolute atomic E-state index is 0.458. The molecule has 0 bridgehead atoms. The topological polar surface area (TPSA) is 118 Å².